The Morgan fingerprint density at radius 2 is 2.07 bits per heavy atom. The minimum Gasteiger partial charge on any atom is -0.549 e. The van der Waals surface area contributed by atoms with Gasteiger partial charge in [0.2, 0.25) is 0 Å². The number of benzene rings is 1. The van der Waals surface area contributed by atoms with Crippen LogP contribution in [0.3, 0.4) is 0 Å². The van der Waals surface area contributed by atoms with Crippen LogP contribution < -0.4 is 14.6 Å². The van der Waals surface area contributed by atoms with E-state index in [1.807, 2.05) is 0 Å². The molecule has 0 fully saturated rings. The van der Waals surface area contributed by atoms with E-state index in [4.69, 9.17) is 9.47 Å². The molecule has 5 heteroatoms. The molecular formula is C10H9O4S-. The number of carboxylic acid groups (broad SMARTS) is 1. The molecule has 0 N–H and O–H groups in total. The average Bonchev–Trinajstić information content (AvgIpc) is 2.26. The number of carboxylic acids is 1. The monoisotopic (exact) mass is 225 g/mol. The van der Waals surface area contributed by atoms with Gasteiger partial charge in [0.05, 0.1) is 5.97 Å². The molecule has 0 unspecified atom stereocenters. The highest BCUT2D eigenvalue weighted by Gasteiger charge is 2.11. The quantitative estimate of drug-likeness (QED) is 0.692. The standard InChI is InChI=1S/C10H10O4S/c11-10(12)6-15-7-1-2-8-9(5-7)14-4-3-13-8/h1-2,5H,3-4,6H2,(H,11,12)/p-1. The van der Waals surface area contributed by atoms with E-state index in [9.17, 15) is 9.90 Å². The molecule has 0 saturated heterocycles. The van der Waals surface area contributed by atoms with E-state index < -0.39 is 5.97 Å². The third kappa shape index (κ3) is 2.56. The molecule has 0 atom stereocenters. The largest absolute Gasteiger partial charge is 0.549 e. The van der Waals surface area contributed by atoms with Gasteiger partial charge >= 0.3 is 0 Å². The Bertz CT molecular complexity index is 378. The summed E-state index contributed by atoms with van der Waals surface area (Å²) >= 11 is 1.20. The first-order valence-electron chi connectivity index (χ1n) is 4.48. The summed E-state index contributed by atoms with van der Waals surface area (Å²) < 4.78 is 10.7. The molecule has 1 heterocycles. The summed E-state index contributed by atoms with van der Waals surface area (Å²) in [5.74, 6) is 0.248. The summed E-state index contributed by atoms with van der Waals surface area (Å²) in [5, 5.41) is 10.3. The van der Waals surface area contributed by atoms with E-state index in [0.29, 0.717) is 24.7 Å². The number of carbonyl (C=O) groups is 1. The molecule has 2 rings (SSSR count). The Morgan fingerprint density at radius 3 is 2.80 bits per heavy atom. The molecule has 1 aromatic carbocycles. The average molecular weight is 225 g/mol. The van der Waals surface area contributed by atoms with Crippen molar-refractivity contribution >= 4 is 17.7 Å². The normalized spacial score (nSPS) is 13.6. The van der Waals surface area contributed by atoms with Gasteiger partial charge in [-0.05, 0) is 18.2 Å². The van der Waals surface area contributed by atoms with E-state index in [0.717, 1.165) is 4.90 Å². The molecule has 0 saturated carbocycles. The maximum atomic E-state index is 10.3. The molecule has 1 aliphatic rings. The van der Waals surface area contributed by atoms with E-state index in [-0.39, 0.29) is 5.75 Å². The van der Waals surface area contributed by atoms with Crippen molar-refractivity contribution in [3.05, 3.63) is 18.2 Å². The third-order valence-corrected chi connectivity index (χ3v) is 2.84. The molecule has 1 aromatic rings. The van der Waals surface area contributed by atoms with Crippen LogP contribution in [0.15, 0.2) is 23.1 Å². The van der Waals surface area contributed by atoms with Gasteiger partial charge in [0.1, 0.15) is 13.2 Å². The van der Waals surface area contributed by atoms with Crippen LogP contribution in [0.1, 0.15) is 0 Å². The SMILES string of the molecule is O=C([O-])CSc1ccc2c(c1)OCCO2. The van der Waals surface area contributed by atoms with Gasteiger partial charge in [-0.2, -0.15) is 0 Å². The van der Waals surface area contributed by atoms with Crippen molar-refractivity contribution in [1.29, 1.82) is 0 Å². The molecule has 1 aliphatic heterocycles. The zero-order valence-corrected chi connectivity index (χ0v) is 8.71. The van der Waals surface area contributed by atoms with Gasteiger partial charge in [-0.3, -0.25) is 0 Å². The van der Waals surface area contributed by atoms with Gasteiger partial charge in [0.25, 0.3) is 0 Å². The van der Waals surface area contributed by atoms with Crippen molar-refractivity contribution in [3.8, 4) is 11.5 Å². The Balaban J connectivity index is 2.10. The van der Waals surface area contributed by atoms with E-state index in [2.05, 4.69) is 0 Å². The van der Waals surface area contributed by atoms with Crippen molar-refractivity contribution in [2.24, 2.45) is 0 Å². The third-order valence-electron chi connectivity index (χ3n) is 1.87. The second kappa shape index (κ2) is 4.44. The van der Waals surface area contributed by atoms with Crippen LogP contribution in [0.25, 0.3) is 0 Å². The predicted molar refractivity (Wildman–Crippen MR) is 53.2 cm³/mol. The molecule has 0 aliphatic carbocycles. The number of carbonyl (C=O) groups excluding carboxylic acids is 1. The highest BCUT2D eigenvalue weighted by molar-refractivity contribution is 8.00. The number of thioether (sulfide) groups is 1. The zero-order valence-electron chi connectivity index (χ0n) is 7.89. The fourth-order valence-corrected chi connectivity index (χ4v) is 1.89. The molecule has 15 heavy (non-hydrogen) atoms. The topological polar surface area (TPSA) is 58.6 Å². The summed E-state index contributed by atoms with van der Waals surface area (Å²) in [6.07, 6.45) is 0. The lowest BCUT2D eigenvalue weighted by molar-refractivity contribution is -0.301. The highest BCUT2D eigenvalue weighted by atomic mass is 32.2. The first kappa shape index (κ1) is 10.2. The summed E-state index contributed by atoms with van der Waals surface area (Å²) in [6, 6.07) is 5.37. The van der Waals surface area contributed by atoms with Crippen molar-refractivity contribution in [1.82, 2.24) is 0 Å². The molecule has 0 spiro atoms. The van der Waals surface area contributed by atoms with E-state index >= 15 is 0 Å². The number of ether oxygens (including phenoxy) is 2. The van der Waals surface area contributed by atoms with Crippen molar-refractivity contribution in [3.63, 3.8) is 0 Å². The van der Waals surface area contributed by atoms with Crippen LogP contribution in [0.4, 0.5) is 0 Å². The van der Waals surface area contributed by atoms with E-state index in [1.54, 1.807) is 18.2 Å². The number of hydrogen-bond donors (Lipinski definition) is 0. The van der Waals surface area contributed by atoms with Gasteiger partial charge in [-0.1, -0.05) is 0 Å². The lowest BCUT2D eigenvalue weighted by Crippen LogP contribution is -2.24. The van der Waals surface area contributed by atoms with Crippen molar-refractivity contribution in [2.45, 2.75) is 4.90 Å². The summed E-state index contributed by atoms with van der Waals surface area (Å²) in [6.45, 7) is 1.08. The lowest BCUT2D eigenvalue weighted by Gasteiger charge is -2.18. The molecule has 4 nitrogen and oxygen atoms in total. The van der Waals surface area contributed by atoms with Crippen LogP contribution in [0.2, 0.25) is 0 Å². The smallest absolute Gasteiger partial charge is 0.162 e. The molecule has 0 aromatic heterocycles. The number of rotatable bonds is 3. The first-order chi connectivity index (χ1) is 7.25. The second-order valence-electron chi connectivity index (χ2n) is 2.97. The fraction of sp³-hybridized carbons (Fsp3) is 0.300. The van der Waals surface area contributed by atoms with E-state index in [1.165, 1.54) is 11.8 Å². The van der Waals surface area contributed by atoms with Crippen LogP contribution in [-0.4, -0.2) is 24.9 Å². The van der Waals surface area contributed by atoms with Crippen LogP contribution in [0, 0.1) is 0 Å². The number of fused-ring (bicyclic) bond motifs is 1. The summed E-state index contributed by atoms with van der Waals surface area (Å²) in [4.78, 5) is 11.1. The van der Waals surface area contributed by atoms with Crippen molar-refractivity contribution in [2.75, 3.05) is 19.0 Å². The minimum absolute atomic E-state index is 0.0559. The summed E-state index contributed by atoms with van der Waals surface area (Å²) in [5.41, 5.74) is 0. The lowest BCUT2D eigenvalue weighted by atomic mass is 10.3. The van der Waals surface area contributed by atoms with Gasteiger partial charge in [0.15, 0.2) is 11.5 Å². The predicted octanol–water partition coefficient (Wildman–Crippen LogP) is 0.300. The van der Waals surface area contributed by atoms with Crippen molar-refractivity contribution < 1.29 is 19.4 Å². The molecule has 80 valence electrons. The van der Waals surface area contributed by atoms with Crippen LogP contribution in [-0.2, 0) is 4.79 Å². The number of aliphatic carboxylic acids is 1. The molecule has 0 amide bonds. The summed E-state index contributed by atoms with van der Waals surface area (Å²) in [7, 11) is 0. The zero-order chi connectivity index (χ0) is 10.7. The molecule has 0 bridgehead atoms. The Hall–Kier alpha value is -1.36. The van der Waals surface area contributed by atoms with Gasteiger partial charge in [-0.15, -0.1) is 11.8 Å². The fourth-order valence-electron chi connectivity index (χ4n) is 1.26. The minimum atomic E-state index is -1.07. The molecule has 0 radical (unpaired) electrons. The maximum absolute atomic E-state index is 10.3. The Morgan fingerprint density at radius 1 is 1.33 bits per heavy atom. The Labute approximate surface area is 91.2 Å². The van der Waals surface area contributed by atoms with Gasteiger partial charge < -0.3 is 19.4 Å². The van der Waals surface area contributed by atoms with Crippen LogP contribution >= 0.6 is 11.8 Å². The maximum Gasteiger partial charge on any atom is 0.162 e. The van der Waals surface area contributed by atoms with Gasteiger partial charge in [0, 0.05) is 10.6 Å². The molecular weight excluding hydrogens is 216 g/mol. The second-order valence-corrected chi connectivity index (χ2v) is 4.01. The van der Waals surface area contributed by atoms with Gasteiger partial charge in [-0.25, -0.2) is 0 Å². The highest BCUT2D eigenvalue weighted by Crippen LogP contribution is 2.33. The number of hydrogen-bond acceptors (Lipinski definition) is 5. The Kier molecular flexibility index (Phi) is 3.01. The van der Waals surface area contributed by atoms with Crippen LogP contribution in [0.5, 0.6) is 11.5 Å². The first-order valence-corrected chi connectivity index (χ1v) is 5.46.